The summed E-state index contributed by atoms with van der Waals surface area (Å²) in [6.45, 7) is 3.18. The van der Waals surface area contributed by atoms with Gasteiger partial charge in [0.15, 0.2) is 0 Å². The standard InChI is InChI=1S/C28H29BrO6/c1-2-3-4-8-17-33-26-16-13-22(20-25(26)29)28(31)35-24-14-11-21(12-15-24)27(30)34-19-18-32-23-9-6-5-7-10-23/h5-7,9-16,20H,2-4,8,17-19H2,1H3. The van der Waals surface area contributed by atoms with Gasteiger partial charge in [-0.1, -0.05) is 44.4 Å². The van der Waals surface area contributed by atoms with Gasteiger partial charge in [0.25, 0.3) is 0 Å². The Bertz CT molecular complexity index is 1080. The van der Waals surface area contributed by atoms with Crippen molar-refractivity contribution >= 4 is 27.9 Å². The predicted molar refractivity (Wildman–Crippen MR) is 137 cm³/mol. The van der Waals surface area contributed by atoms with E-state index < -0.39 is 11.9 Å². The molecule has 0 N–H and O–H groups in total. The molecule has 184 valence electrons. The summed E-state index contributed by atoms with van der Waals surface area (Å²) in [6, 6.07) is 20.6. The zero-order valence-corrected chi connectivity index (χ0v) is 21.3. The van der Waals surface area contributed by atoms with E-state index in [0.29, 0.717) is 39.5 Å². The number of esters is 2. The second-order valence-electron chi connectivity index (χ2n) is 7.77. The van der Waals surface area contributed by atoms with Crippen molar-refractivity contribution in [2.24, 2.45) is 0 Å². The molecule has 0 aliphatic rings. The summed E-state index contributed by atoms with van der Waals surface area (Å²) in [5.41, 5.74) is 0.741. The van der Waals surface area contributed by atoms with Crippen LogP contribution in [0, 0.1) is 0 Å². The molecule has 0 spiro atoms. The summed E-state index contributed by atoms with van der Waals surface area (Å²) in [6.07, 6.45) is 4.51. The van der Waals surface area contributed by atoms with E-state index in [9.17, 15) is 9.59 Å². The largest absolute Gasteiger partial charge is 0.492 e. The molecule has 0 unspecified atom stereocenters. The molecular weight excluding hydrogens is 512 g/mol. The molecule has 0 fully saturated rings. The molecule has 35 heavy (non-hydrogen) atoms. The zero-order chi connectivity index (χ0) is 24.9. The lowest BCUT2D eigenvalue weighted by atomic mass is 10.2. The number of halogens is 1. The third kappa shape index (κ3) is 8.76. The van der Waals surface area contributed by atoms with Crippen LogP contribution in [0.2, 0.25) is 0 Å². The van der Waals surface area contributed by atoms with Crippen molar-refractivity contribution in [1.29, 1.82) is 0 Å². The number of benzene rings is 3. The Morgan fingerprint density at radius 3 is 2.17 bits per heavy atom. The SMILES string of the molecule is CCCCCCOc1ccc(C(=O)Oc2ccc(C(=O)OCCOc3ccccc3)cc2)cc1Br. The van der Waals surface area contributed by atoms with E-state index in [1.165, 1.54) is 12.8 Å². The van der Waals surface area contributed by atoms with Gasteiger partial charge in [-0.05, 0) is 76.9 Å². The van der Waals surface area contributed by atoms with Crippen molar-refractivity contribution in [1.82, 2.24) is 0 Å². The minimum atomic E-state index is -0.506. The van der Waals surface area contributed by atoms with Crippen LogP contribution in [0.15, 0.2) is 77.3 Å². The van der Waals surface area contributed by atoms with Crippen LogP contribution >= 0.6 is 15.9 Å². The molecule has 0 saturated heterocycles. The lowest BCUT2D eigenvalue weighted by Crippen LogP contribution is -2.12. The average molecular weight is 541 g/mol. The summed E-state index contributed by atoms with van der Waals surface area (Å²) in [5, 5.41) is 0. The first kappa shape index (κ1) is 26.3. The molecule has 0 bridgehead atoms. The van der Waals surface area contributed by atoms with Crippen molar-refractivity contribution in [3.05, 3.63) is 88.4 Å². The lowest BCUT2D eigenvalue weighted by molar-refractivity contribution is 0.0450. The minimum Gasteiger partial charge on any atom is -0.492 e. The van der Waals surface area contributed by atoms with Crippen molar-refractivity contribution < 1.29 is 28.5 Å². The summed E-state index contributed by atoms with van der Waals surface area (Å²) < 4.78 is 22.6. The fourth-order valence-electron chi connectivity index (χ4n) is 3.17. The Balaban J connectivity index is 1.44. The van der Waals surface area contributed by atoms with E-state index in [-0.39, 0.29) is 13.2 Å². The highest BCUT2D eigenvalue weighted by Gasteiger charge is 2.13. The number of ether oxygens (including phenoxy) is 4. The predicted octanol–water partition coefficient (Wildman–Crippen LogP) is 6.86. The number of hydrogen-bond acceptors (Lipinski definition) is 6. The van der Waals surface area contributed by atoms with E-state index in [1.54, 1.807) is 42.5 Å². The first-order valence-electron chi connectivity index (χ1n) is 11.7. The number of para-hydroxylation sites is 1. The topological polar surface area (TPSA) is 71.1 Å². The summed E-state index contributed by atoms with van der Waals surface area (Å²) in [4.78, 5) is 24.7. The monoisotopic (exact) mass is 540 g/mol. The van der Waals surface area contributed by atoms with Gasteiger partial charge >= 0.3 is 11.9 Å². The molecule has 0 aliphatic heterocycles. The van der Waals surface area contributed by atoms with E-state index in [0.717, 1.165) is 12.8 Å². The first-order valence-corrected chi connectivity index (χ1v) is 12.5. The Labute approximate surface area is 214 Å². The van der Waals surface area contributed by atoms with Crippen molar-refractivity contribution in [2.75, 3.05) is 19.8 Å². The Morgan fingerprint density at radius 1 is 0.714 bits per heavy atom. The van der Waals surface area contributed by atoms with Crippen LogP contribution in [0.4, 0.5) is 0 Å². The molecular formula is C28H29BrO6. The summed E-state index contributed by atoms with van der Waals surface area (Å²) >= 11 is 3.46. The molecule has 3 rings (SSSR count). The van der Waals surface area contributed by atoms with Gasteiger partial charge < -0.3 is 18.9 Å². The number of rotatable bonds is 13. The zero-order valence-electron chi connectivity index (χ0n) is 19.7. The lowest BCUT2D eigenvalue weighted by Gasteiger charge is -2.10. The fourth-order valence-corrected chi connectivity index (χ4v) is 3.67. The van der Waals surface area contributed by atoms with Gasteiger partial charge in [-0.15, -0.1) is 0 Å². The number of carbonyl (C=O) groups is 2. The van der Waals surface area contributed by atoms with E-state index in [4.69, 9.17) is 18.9 Å². The van der Waals surface area contributed by atoms with E-state index in [1.807, 2.05) is 30.3 Å². The first-order chi connectivity index (χ1) is 17.1. The molecule has 0 aromatic heterocycles. The van der Waals surface area contributed by atoms with Gasteiger partial charge in [0, 0.05) is 0 Å². The van der Waals surface area contributed by atoms with Crippen LogP contribution in [-0.2, 0) is 4.74 Å². The number of hydrogen-bond donors (Lipinski definition) is 0. The Kier molecular flexibility index (Phi) is 10.6. The maximum atomic E-state index is 12.5. The molecule has 0 heterocycles. The Hall–Kier alpha value is -3.32. The normalized spacial score (nSPS) is 10.5. The maximum Gasteiger partial charge on any atom is 0.343 e. The third-order valence-electron chi connectivity index (χ3n) is 5.05. The molecule has 0 aliphatic carbocycles. The summed E-state index contributed by atoms with van der Waals surface area (Å²) in [5.74, 6) is 0.745. The maximum absolute atomic E-state index is 12.5. The molecule has 6 nitrogen and oxygen atoms in total. The number of unbranched alkanes of at least 4 members (excludes halogenated alkanes) is 3. The average Bonchev–Trinajstić information content (AvgIpc) is 2.88. The molecule has 7 heteroatoms. The van der Waals surface area contributed by atoms with Gasteiger partial charge in [-0.2, -0.15) is 0 Å². The molecule has 3 aromatic rings. The molecule has 0 amide bonds. The van der Waals surface area contributed by atoms with Gasteiger partial charge in [-0.25, -0.2) is 9.59 Å². The van der Waals surface area contributed by atoms with Gasteiger partial charge in [0.1, 0.15) is 30.5 Å². The van der Waals surface area contributed by atoms with E-state index in [2.05, 4.69) is 22.9 Å². The summed E-state index contributed by atoms with van der Waals surface area (Å²) in [7, 11) is 0. The van der Waals surface area contributed by atoms with Crippen LogP contribution in [0.1, 0.15) is 53.3 Å². The quantitative estimate of drug-likeness (QED) is 0.134. The van der Waals surface area contributed by atoms with Crippen LogP contribution in [0.3, 0.4) is 0 Å². The molecule has 0 radical (unpaired) electrons. The Morgan fingerprint density at radius 2 is 1.46 bits per heavy atom. The third-order valence-corrected chi connectivity index (χ3v) is 5.67. The van der Waals surface area contributed by atoms with Crippen LogP contribution in [0.25, 0.3) is 0 Å². The van der Waals surface area contributed by atoms with Crippen LogP contribution in [-0.4, -0.2) is 31.8 Å². The highest BCUT2D eigenvalue weighted by atomic mass is 79.9. The van der Waals surface area contributed by atoms with Gasteiger partial charge in [0.05, 0.1) is 22.2 Å². The van der Waals surface area contributed by atoms with Crippen LogP contribution < -0.4 is 14.2 Å². The molecule has 0 saturated carbocycles. The fraction of sp³-hybridized carbons (Fsp3) is 0.286. The van der Waals surface area contributed by atoms with Gasteiger partial charge in [0.2, 0.25) is 0 Å². The van der Waals surface area contributed by atoms with Gasteiger partial charge in [-0.3, -0.25) is 0 Å². The smallest absolute Gasteiger partial charge is 0.343 e. The van der Waals surface area contributed by atoms with Crippen LogP contribution in [0.5, 0.6) is 17.2 Å². The second-order valence-corrected chi connectivity index (χ2v) is 8.62. The number of carbonyl (C=O) groups excluding carboxylic acids is 2. The second kappa shape index (κ2) is 14.2. The van der Waals surface area contributed by atoms with Crippen molar-refractivity contribution in [3.63, 3.8) is 0 Å². The molecule has 0 atom stereocenters. The highest BCUT2D eigenvalue weighted by molar-refractivity contribution is 9.10. The van der Waals surface area contributed by atoms with Crippen molar-refractivity contribution in [2.45, 2.75) is 32.6 Å². The van der Waals surface area contributed by atoms with E-state index >= 15 is 0 Å². The minimum absolute atomic E-state index is 0.123. The highest BCUT2D eigenvalue weighted by Crippen LogP contribution is 2.27. The van der Waals surface area contributed by atoms with Crippen molar-refractivity contribution in [3.8, 4) is 17.2 Å². The molecule has 3 aromatic carbocycles.